The van der Waals surface area contributed by atoms with Crippen LogP contribution >= 0.6 is 23.6 Å². The van der Waals surface area contributed by atoms with Gasteiger partial charge >= 0.3 is 0 Å². The molecule has 6 amide bonds. The molecule has 1 fully saturated rings. The molecule has 0 spiro atoms. The van der Waals surface area contributed by atoms with Crippen LogP contribution in [0.15, 0.2) is 0 Å². The second-order valence-corrected chi connectivity index (χ2v) is 15.1. The van der Waals surface area contributed by atoms with Gasteiger partial charge in [-0.15, -0.1) is 0 Å². The fourth-order valence-corrected chi connectivity index (χ4v) is 5.23. The molecule has 48 heavy (non-hydrogen) atoms. The van der Waals surface area contributed by atoms with E-state index in [1.54, 1.807) is 32.6 Å². The first-order valence-electron chi connectivity index (χ1n) is 16.7. The summed E-state index contributed by atoms with van der Waals surface area (Å²) in [7, 11) is 0. The molecule has 0 aromatic carbocycles. The summed E-state index contributed by atoms with van der Waals surface area (Å²) in [5.74, 6) is -2.68. The van der Waals surface area contributed by atoms with E-state index in [0.29, 0.717) is 6.42 Å². The first-order valence-corrected chi connectivity index (χ1v) is 17.4. The minimum absolute atomic E-state index is 0.00244. The van der Waals surface area contributed by atoms with Gasteiger partial charge in [0.15, 0.2) is 0 Å². The van der Waals surface area contributed by atoms with E-state index in [9.17, 15) is 28.8 Å². The highest BCUT2D eigenvalue weighted by molar-refractivity contribution is 6.15. The molecule has 1 heterocycles. The van der Waals surface area contributed by atoms with E-state index in [1.807, 2.05) is 48.5 Å². The number of carbonyl (C=O) groups is 6. The topological polar surface area (TPSA) is 190 Å². The molecule has 0 aromatic rings. The van der Waals surface area contributed by atoms with Crippen LogP contribution in [0.2, 0.25) is 0 Å². The predicted molar refractivity (Wildman–Crippen MR) is 186 cm³/mol. The summed E-state index contributed by atoms with van der Waals surface area (Å²) in [5, 5.41) is 14.1. The highest BCUT2D eigenvalue weighted by Gasteiger charge is 2.41. The molecule has 0 aliphatic carbocycles. The Hall–Kier alpha value is -2.68. The van der Waals surface area contributed by atoms with Gasteiger partial charge in [-0.05, 0) is 81.3 Å². The number of nitrogens with one attached hydrogen (secondary N) is 7. The standard InChI is InChI=1S/C32H58Cl2N8O6/c1-16(2)19(6)35-29(46)23(37-30(47)25(17(3)4)38-27(44)20(7)40-33)12-13-24(43)36-22-14-18(5)42(15-22)31(48)26(32(9,10)11)39-28(45)21(8)41-34/h16-23,25-26,40-41H,12-15H2,1-11H3,(H,35,46)(H,36,43)(H,37,47)(H,38,44)(H,39,45)/t18?,19?,20-,21+,22+,23-,25?,26?/m1/s1. The lowest BCUT2D eigenvalue weighted by Crippen LogP contribution is -2.58. The number of hydrogen-bond donors (Lipinski definition) is 7. The number of carbonyl (C=O) groups excluding carboxylic acids is 6. The van der Waals surface area contributed by atoms with E-state index in [4.69, 9.17) is 23.6 Å². The molecule has 0 radical (unpaired) electrons. The molecule has 276 valence electrons. The Morgan fingerprint density at radius 1 is 0.750 bits per heavy atom. The van der Waals surface area contributed by atoms with E-state index < -0.39 is 59.3 Å². The van der Waals surface area contributed by atoms with Crippen LogP contribution in [0.5, 0.6) is 0 Å². The first-order chi connectivity index (χ1) is 22.1. The summed E-state index contributed by atoms with van der Waals surface area (Å²) in [5.41, 5.74) is -0.594. The molecule has 1 aliphatic rings. The third-order valence-corrected chi connectivity index (χ3v) is 9.30. The van der Waals surface area contributed by atoms with Gasteiger partial charge < -0.3 is 31.5 Å². The van der Waals surface area contributed by atoms with Crippen molar-refractivity contribution in [3.05, 3.63) is 0 Å². The second kappa shape index (κ2) is 19.5. The van der Waals surface area contributed by atoms with Crippen LogP contribution in [0.25, 0.3) is 0 Å². The lowest BCUT2D eigenvalue weighted by molar-refractivity contribution is -0.140. The van der Waals surface area contributed by atoms with Gasteiger partial charge in [-0.1, -0.05) is 48.5 Å². The molecule has 14 nitrogen and oxygen atoms in total. The van der Waals surface area contributed by atoms with Gasteiger partial charge in [0, 0.05) is 31.1 Å². The molecular weight excluding hydrogens is 663 g/mol. The van der Waals surface area contributed by atoms with Crippen LogP contribution < -0.4 is 36.3 Å². The smallest absolute Gasteiger partial charge is 0.246 e. The molecular formula is C32H58Cl2N8O6. The Morgan fingerprint density at radius 2 is 1.29 bits per heavy atom. The lowest BCUT2D eigenvalue weighted by Gasteiger charge is -2.35. The SMILES string of the molecule is CC(C)C(C)NC(=O)[C@@H](CCC(=O)N[C@H]1CC(C)N(C(=O)C(NC(=O)[C@H](C)NCl)C(C)(C)C)C1)NC(=O)C(NC(=O)[C@@H](C)NCl)C(C)C. The van der Waals surface area contributed by atoms with Crippen molar-refractivity contribution in [3.8, 4) is 0 Å². The zero-order chi connectivity index (χ0) is 37.1. The molecule has 0 aromatic heterocycles. The fraction of sp³-hybridized carbons (Fsp3) is 0.812. The maximum Gasteiger partial charge on any atom is 0.246 e. The third kappa shape index (κ3) is 13.3. The Bertz CT molecular complexity index is 1130. The predicted octanol–water partition coefficient (Wildman–Crippen LogP) is 1.45. The highest BCUT2D eigenvalue weighted by atomic mass is 35.5. The number of halogens is 2. The van der Waals surface area contributed by atoms with Crippen LogP contribution in [0.1, 0.15) is 95.4 Å². The van der Waals surface area contributed by atoms with Crippen molar-refractivity contribution >= 4 is 59.0 Å². The van der Waals surface area contributed by atoms with Crippen molar-refractivity contribution < 1.29 is 28.8 Å². The van der Waals surface area contributed by atoms with Gasteiger partial charge in [-0.3, -0.25) is 28.8 Å². The van der Waals surface area contributed by atoms with Crippen molar-refractivity contribution in [3.63, 3.8) is 0 Å². The number of rotatable bonds is 17. The van der Waals surface area contributed by atoms with Crippen molar-refractivity contribution in [2.24, 2.45) is 17.3 Å². The Kier molecular flexibility index (Phi) is 17.6. The average Bonchev–Trinajstić information content (AvgIpc) is 3.37. The summed E-state index contributed by atoms with van der Waals surface area (Å²) in [6.45, 7) is 20.1. The van der Waals surface area contributed by atoms with Gasteiger partial charge in [-0.2, -0.15) is 0 Å². The van der Waals surface area contributed by atoms with Gasteiger partial charge in [-0.25, -0.2) is 9.67 Å². The molecule has 1 rings (SSSR count). The van der Waals surface area contributed by atoms with Crippen molar-refractivity contribution in [1.82, 2.24) is 41.2 Å². The minimum Gasteiger partial charge on any atom is -0.352 e. The van der Waals surface area contributed by atoms with Gasteiger partial charge in [0.2, 0.25) is 35.4 Å². The summed E-state index contributed by atoms with van der Waals surface area (Å²) in [6, 6.07) is -5.02. The minimum atomic E-state index is -1.05. The average molecular weight is 722 g/mol. The van der Waals surface area contributed by atoms with E-state index in [0.717, 1.165) is 0 Å². The second-order valence-electron chi connectivity index (χ2n) is 14.7. The number of amides is 6. The van der Waals surface area contributed by atoms with E-state index in [-0.39, 0.29) is 61.2 Å². The van der Waals surface area contributed by atoms with Crippen molar-refractivity contribution in [1.29, 1.82) is 0 Å². The summed E-state index contributed by atoms with van der Waals surface area (Å²) >= 11 is 11.2. The Labute approximate surface area is 295 Å². The van der Waals surface area contributed by atoms with Crippen molar-refractivity contribution in [2.45, 2.75) is 144 Å². The van der Waals surface area contributed by atoms with E-state index >= 15 is 0 Å². The third-order valence-electron chi connectivity index (χ3n) is 8.65. The number of likely N-dealkylation sites (tertiary alicyclic amines) is 1. The van der Waals surface area contributed by atoms with E-state index in [2.05, 4.69) is 36.3 Å². The highest BCUT2D eigenvalue weighted by Crippen LogP contribution is 2.26. The molecule has 0 bridgehead atoms. The zero-order valence-corrected chi connectivity index (χ0v) is 31.8. The molecule has 0 saturated carbocycles. The zero-order valence-electron chi connectivity index (χ0n) is 30.3. The maximum atomic E-state index is 13.7. The summed E-state index contributed by atoms with van der Waals surface area (Å²) < 4.78 is 0. The Balaban J connectivity index is 3.01. The van der Waals surface area contributed by atoms with Crippen LogP contribution in [0, 0.1) is 17.3 Å². The van der Waals surface area contributed by atoms with Crippen LogP contribution in [0.3, 0.4) is 0 Å². The summed E-state index contributed by atoms with van der Waals surface area (Å²) in [6.07, 6.45) is 0.422. The van der Waals surface area contributed by atoms with Crippen LogP contribution in [-0.2, 0) is 28.8 Å². The van der Waals surface area contributed by atoms with Gasteiger partial charge in [0.1, 0.15) is 18.1 Å². The number of hydrogen-bond acceptors (Lipinski definition) is 8. The molecule has 7 N–H and O–H groups in total. The van der Waals surface area contributed by atoms with Gasteiger partial charge in [0.05, 0.1) is 12.1 Å². The molecule has 16 heteroatoms. The Morgan fingerprint density at radius 3 is 1.77 bits per heavy atom. The van der Waals surface area contributed by atoms with Crippen LogP contribution in [-0.4, -0.2) is 95.2 Å². The molecule has 1 saturated heterocycles. The molecule has 8 atom stereocenters. The lowest BCUT2D eigenvalue weighted by atomic mass is 9.85. The van der Waals surface area contributed by atoms with Gasteiger partial charge in [0.25, 0.3) is 0 Å². The fourth-order valence-electron chi connectivity index (χ4n) is 5.03. The summed E-state index contributed by atoms with van der Waals surface area (Å²) in [4.78, 5) is 84.8. The maximum absolute atomic E-state index is 13.7. The largest absolute Gasteiger partial charge is 0.352 e. The van der Waals surface area contributed by atoms with Crippen molar-refractivity contribution in [2.75, 3.05) is 6.54 Å². The molecule has 4 unspecified atom stereocenters. The van der Waals surface area contributed by atoms with Crippen LogP contribution in [0.4, 0.5) is 0 Å². The molecule has 1 aliphatic heterocycles. The normalized spacial score (nSPS) is 20.3. The quantitative estimate of drug-likeness (QED) is 0.110. The first kappa shape index (κ1) is 43.3. The monoisotopic (exact) mass is 720 g/mol. The number of nitrogens with zero attached hydrogens (tertiary/aromatic N) is 1. The van der Waals surface area contributed by atoms with E-state index in [1.165, 1.54) is 0 Å².